The van der Waals surface area contributed by atoms with Crippen LogP contribution in [0.3, 0.4) is 0 Å². The lowest BCUT2D eigenvalue weighted by Gasteiger charge is -2.47. The highest BCUT2D eigenvalue weighted by Gasteiger charge is 2.57. The quantitative estimate of drug-likeness (QED) is 0.131. The summed E-state index contributed by atoms with van der Waals surface area (Å²) in [6.45, 7) is 6.58. The molecule has 262 valence electrons. The summed E-state index contributed by atoms with van der Waals surface area (Å²) in [5.41, 5.74) is -0.441. The Labute approximate surface area is 313 Å². The third kappa shape index (κ3) is 8.09. The zero-order chi connectivity index (χ0) is 36.0. The molecule has 6 aromatic carbocycles. The monoisotopic (exact) mass is 737 g/mol. The van der Waals surface area contributed by atoms with Crippen molar-refractivity contribution in [2.45, 2.75) is 43.7 Å². The van der Waals surface area contributed by atoms with Crippen molar-refractivity contribution < 1.29 is 9.53 Å². The minimum Gasteiger partial charge on any atom is -0.444 e. The lowest BCUT2D eigenvalue weighted by atomic mass is 10.2. The summed E-state index contributed by atoms with van der Waals surface area (Å²) < 4.78 is 6.44. The smallest absolute Gasteiger partial charge is 0.411 e. The van der Waals surface area contributed by atoms with Crippen LogP contribution >= 0.6 is 23.8 Å². The maximum absolute atomic E-state index is 15.1. The van der Waals surface area contributed by atoms with E-state index >= 15 is 4.79 Å². The summed E-state index contributed by atoms with van der Waals surface area (Å²) in [7, 11) is -2.80. The van der Waals surface area contributed by atoms with Crippen LogP contribution in [0.2, 0.25) is 0 Å². The average molecular weight is 738 g/mol. The van der Waals surface area contributed by atoms with Crippen molar-refractivity contribution in [3.63, 3.8) is 0 Å². The van der Waals surface area contributed by atoms with Gasteiger partial charge in [0.2, 0.25) is 0 Å². The molecule has 0 unspecified atom stereocenters. The van der Waals surface area contributed by atoms with Gasteiger partial charge in [-0.3, -0.25) is 4.90 Å². The fraction of sp³-hybridized carbons (Fsp3) is 0.196. The minimum absolute atomic E-state index is 0.202. The minimum atomic E-state index is -1.10. The Hall–Kier alpha value is -4.12. The summed E-state index contributed by atoms with van der Waals surface area (Å²) >= 11 is 0. The van der Waals surface area contributed by atoms with Crippen LogP contribution < -0.4 is 31.8 Å². The van der Waals surface area contributed by atoms with E-state index in [1.807, 2.05) is 20.8 Å². The van der Waals surface area contributed by atoms with Gasteiger partial charge in [0.15, 0.2) is 0 Å². The van der Waals surface area contributed by atoms with Gasteiger partial charge in [-0.2, -0.15) is 0 Å². The summed E-state index contributed by atoms with van der Waals surface area (Å²) in [5.74, 6) is 0. The topological polar surface area (TPSA) is 29.5 Å². The first-order chi connectivity index (χ1) is 25.3. The number of hydrogen-bond acceptors (Lipinski definition) is 2. The molecule has 0 aliphatic carbocycles. The molecule has 0 aromatic heterocycles. The number of nitrogens with zero attached hydrogens (tertiary/aromatic N) is 1. The van der Waals surface area contributed by atoms with Crippen LogP contribution in [-0.2, 0) is 4.74 Å². The van der Waals surface area contributed by atoms with Gasteiger partial charge in [-0.15, -0.1) is 0 Å². The molecule has 0 radical (unpaired) electrons. The zero-order valence-corrected chi connectivity index (χ0v) is 32.8. The number of rotatable bonds is 10. The van der Waals surface area contributed by atoms with Crippen molar-refractivity contribution in [3.8, 4) is 0 Å². The van der Waals surface area contributed by atoms with E-state index in [4.69, 9.17) is 4.74 Å². The second kappa shape index (κ2) is 16.3. The van der Waals surface area contributed by atoms with Crippen molar-refractivity contribution in [2.75, 3.05) is 12.7 Å². The molecule has 1 fully saturated rings. The van der Waals surface area contributed by atoms with Gasteiger partial charge in [0, 0.05) is 18.4 Å². The molecular weight excluding hydrogens is 691 g/mol. The molecule has 2 atom stereocenters. The highest BCUT2D eigenvalue weighted by atomic mass is 31.1. The molecule has 1 heterocycles. The van der Waals surface area contributed by atoms with E-state index < -0.39 is 34.6 Å². The van der Waals surface area contributed by atoms with Crippen LogP contribution in [0.15, 0.2) is 182 Å². The summed E-state index contributed by atoms with van der Waals surface area (Å²) in [6, 6.07) is 65.9. The Morgan fingerprint density at radius 3 is 1.29 bits per heavy atom. The van der Waals surface area contributed by atoms with Crippen molar-refractivity contribution in [1.82, 2.24) is 4.90 Å². The number of ether oxygens (including phenoxy) is 1. The highest BCUT2D eigenvalue weighted by Crippen LogP contribution is 2.63. The number of carbonyl (C=O) groups is 1. The lowest BCUT2D eigenvalue weighted by molar-refractivity contribution is 0.0210. The van der Waals surface area contributed by atoms with E-state index in [0.29, 0.717) is 6.54 Å². The normalized spacial score (nSPS) is 17.5. The Kier molecular flexibility index (Phi) is 11.3. The first-order valence-electron chi connectivity index (χ1n) is 18.0. The number of carbonyl (C=O) groups excluding carboxylic acids is 1. The fourth-order valence-electron chi connectivity index (χ4n) is 7.43. The number of benzene rings is 6. The van der Waals surface area contributed by atoms with Crippen LogP contribution in [0.5, 0.6) is 0 Å². The Morgan fingerprint density at radius 2 is 0.923 bits per heavy atom. The predicted octanol–water partition coefficient (Wildman–Crippen LogP) is 9.09. The molecule has 6 aromatic rings. The molecule has 1 amide bonds. The first kappa shape index (κ1) is 36.2. The summed E-state index contributed by atoms with van der Waals surface area (Å²) in [6.07, 6.45) is 1.45. The second-order valence-corrected chi connectivity index (χ2v) is 21.5. The van der Waals surface area contributed by atoms with Gasteiger partial charge in [0.05, 0.1) is 5.28 Å². The summed E-state index contributed by atoms with van der Waals surface area (Å²) in [5, 5.41) is 7.30. The SMILES string of the molecule is CC(C)(C)OC(=O)N1C[C@@H](P(c2ccccc2)c2ccccc2)C[C@@]1(CP(c1ccccc1)c1ccccc1)P(c1ccccc1)c1ccccc1. The van der Waals surface area contributed by atoms with Crippen LogP contribution in [0, 0.1) is 0 Å². The standard InChI is InChI=1S/C46H46NO2P3/c1-45(2,3)49-44(48)47-35-43(51(39-26-14-6-15-27-39)40-28-16-7-17-29-40)34-46(47,52(41-30-18-8-19-31-41)42-32-20-9-21-33-42)36-50(37-22-10-4-11-23-37)38-24-12-5-13-25-38/h4-33,43H,34-36H2,1-3H3/t43-,46-/m0/s1. The highest BCUT2D eigenvalue weighted by molar-refractivity contribution is 7.78. The molecular formula is C46H46NO2P3. The summed E-state index contributed by atoms with van der Waals surface area (Å²) in [4.78, 5) is 17.3. The first-order valence-corrected chi connectivity index (χ1v) is 22.3. The fourth-order valence-corrected chi connectivity index (χ4v) is 17.0. The van der Waals surface area contributed by atoms with Crippen LogP contribution in [-0.4, -0.2) is 40.2 Å². The number of hydrogen-bond donors (Lipinski definition) is 0. The Balaban J connectivity index is 1.50. The number of likely N-dealkylation sites (tertiary alicyclic amines) is 1. The molecule has 1 aliphatic rings. The van der Waals surface area contributed by atoms with Gasteiger partial charge in [-0.05, 0) is 82.8 Å². The molecule has 0 saturated carbocycles. The van der Waals surface area contributed by atoms with E-state index in [0.717, 1.165) is 12.6 Å². The molecule has 7 rings (SSSR count). The van der Waals surface area contributed by atoms with E-state index in [9.17, 15) is 0 Å². The predicted molar refractivity (Wildman–Crippen MR) is 226 cm³/mol. The molecule has 1 saturated heterocycles. The molecule has 0 spiro atoms. The van der Waals surface area contributed by atoms with Crippen molar-refractivity contribution in [1.29, 1.82) is 0 Å². The molecule has 0 N–H and O–H groups in total. The molecule has 1 aliphatic heterocycles. The molecule has 52 heavy (non-hydrogen) atoms. The Bertz CT molecular complexity index is 1890. The lowest BCUT2D eigenvalue weighted by Crippen LogP contribution is -2.53. The van der Waals surface area contributed by atoms with Crippen LogP contribution in [0.4, 0.5) is 4.79 Å². The Morgan fingerprint density at radius 1 is 0.577 bits per heavy atom. The van der Waals surface area contributed by atoms with Gasteiger partial charge in [-0.25, -0.2) is 4.79 Å². The van der Waals surface area contributed by atoms with E-state index in [1.165, 1.54) is 31.8 Å². The molecule has 0 bridgehead atoms. The van der Waals surface area contributed by atoms with Gasteiger partial charge in [0.1, 0.15) is 5.60 Å². The average Bonchev–Trinajstić information content (AvgIpc) is 3.55. The van der Waals surface area contributed by atoms with E-state index in [-0.39, 0.29) is 11.8 Å². The van der Waals surface area contributed by atoms with Crippen molar-refractivity contribution in [3.05, 3.63) is 182 Å². The third-order valence-corrected chi connectivity index (χ3v) is 18.3. The van der Waals surface area contributed by atoms with Gasteiger partial charge in [0.25, 0.3) is 0 Å². The largest absolute Gasteiger partial charge is 0.444 e. The molecule has 6 heteroatoms. The maximum Gasteiger partial charge on any atom is 0.411 e. The van der Waals surface area contributed by atoms with Gasteiger partial charge in [-0.1, -0.05) is 182 Å². The van der Waals surface area contributed by atoms with Crippen LogP contribution in [0.25, 0.3) is 0 Å². The maximum atomic E-state index is 15.1. The van der Waals surface area contributed by atoms with Crippen molar-refractivity contribution in [2.24, 2.45) is 0 Å². The second-order valence-electron chi connectivity index (χ2n) is 14.2. The number of amides is 1. The third-order valence-electron chi connectivity index (χ3n) is 9.50. The van der Waals surface area contributed by atoms with Gasteiger partial charge >= 0.3 is 6.09 Å². The van der Waals surface area contributed by atoms with E-state index in [1.54, 1.807) is 0 Å². The van der Waals surface area contributed by atoms with Crippen LogP contribution in [0.1, 0.15) is 27.2 Å². The zero-order valence-electron chi connectivity index (χ0n) is 30.1. The van der Waals surface area contributed by atoms with Gasteiger partial charge < -0.3 is 4.74 Å². The van der Waals surface area contributed by atoms with E-state index in [2.05, 4.69) is 187 Å². The van der Waals surface area contributed by atoms with Crippen molar-refractivity contribution >= 4 is 61.7 Å². The molecule has 3 nitrogen and oxygen atoms in total.